The maximum atomic E-state index is 5.73. The third-order valence-corrected chi connectivity index (χ3v) is 2.69. The van der Waals surface area contributed by atoms with Crippen LogP contribution in [-0.2, 0) is 4.74 Å². The number of nitrogens with one attached hydrogen (secondary N) is 1. The number of anilines is 1. The first-order chi connectivity index (χ1) is 9.38. The van der Waals surface area contributed by atoms with Crippen molar-refractivity contribution in [3.63, 3.8) is 0 Å². The van der Waals surface area contributed by atoms with Crippen molar-refractivity contribution >= 4 is 5.69 Å². The highest BCUT2D eigenvalue weighted by Gasteiger charge is 1.97. The van der Waals surface area contributed by atoms with Crippen molar-refractivity contribution in [1.29, 1.82) is 0 Å². The molecular weight excluding hydrogens is 238 g/mol. The van der Waals surface area contributed by atoms with Gasteiger partial charge >= 0.3 is 0 Å². The van der Waals surface area contributed by atoms with E-state index in [0.717, 1.165) is 36.8 Å². The molecule has 0 bridgehead atoms. The Morgan fingerprint density at radius 3 is 2.26 bits per heavy atom. The van der Waals surface area contributed by atoms with Gasteiger partial charge in [0.15, 0.2) is 0 Å². The highest BCUT2D eigenvalue weighted by atomic mass is 16.5. The zero-order valence-electron chi connectivity index (χ0n) is 11.1. The Balaban J connectivity index is 1.84. The first kappa shape index (κ1) is 13.4. The molecule has 0 amide bonds. The molecule has 0 aliphatic heterocycles. The maximum Gasteiger partial charge on any atom is 0.127 e. The molecule has 0 saturated heterocycles. The standard InChI is InChI=1S/C16H19NO2/c1-18-13-5-12-17-14-8-10-16(11-9-14)19-15-6-3-2-4-7-15/h2-4,6-11,17H,5,12-13H2,1H3. The second-order valence-electron chi connectivity index (χ2n) is 4.21. The smallest absolute Gasteiger partial charge is 0.127 e. The van der Waals surface area contributed by atoms with Crippen LogP contribution < -0.4 is 10.1 Å². The van der Waals surface area contributed by atoms with Crippen molar-refractivity contribution in [1.82, 2.24) is 0 Å². The van der Waals surface area contributed by atoms with E-state index in [9.17, 15) is 0 Å². The summed E-state index contributed by atoms with van der Waals surface area (Å²) in [5.74, 6) is 1.69. The molecule has 0 aliphatic rings. The van der Waals surface area contributed by atoms with E-state index in [2.05, 4.69) is 5.32 Å². The summed E-state index contributed by atoms with van der Waals surface area (Å²) >= 11 is 0. The first-order valence-corrected chi connectivity index (χ1v) is 6.44. The Morgan fingerprint density at radius 2 is 1.58 bits per heavy atom. The van der Waals surface area contributed by atoms with Crippen LogP contribution in [0.25, 0.3) is 0 Å². The molecule has 0 heterocycles. The van der Waals surface area contributed by atoms with E-state index in [-0.39, 0.29) is 0 Å². The largest absolute Gasteiger partial charge is 0.457 e. The second-order valence-corrected chi connectivity index (χ2v) is 4.21. The highest BCUT2D eigenvalue weighted by Crippen LogP contribution is 2.22. The van der Waals surface area contributed by atoms with Crippen molar-refractivity contribution in [2.24, 2.45) is 0 Å². The van der Waals surface area contributed by atoms with Crippen LogP contribution in [-0.4, -0.2) is 20.3 Å². The Hall–Kier alpha value is -2.00. The van der Waals surface area contributed by atoms with Crippen LogP contribution in [0.5, 0.6) is 11.5 Å². The zero-order valence-corrected chi connectivity index (χ0v) is 11.1. The summed E-state index contributed by atoms with van der Waals surface area (Å²) in [4.78, 5) is 0. The second kappa shape index (κ2) is 7.44. The lowest BCUT2D eigenvalue weighted by Crippen LogP contribution is -2.04. The summed E-state index contributed by atoms with van der Waals surface area (Å²) in [5.41, 5.74) is 1.09. The van der Waals surface area contributed by atoms with E-state index in [1.165, 1.54) is 0 Å². The third kappa shape index (κ3) is 4.64. The van der Waals surface area contributed by atoms with Gasteiger partial charge in [0.05, 0.1) is 0 Å². The van der Waals surface area contributed by atoms with E-state index in [1.54, 1.807) is 7.11 Å². The van der Waals surface area contributed by atoms with Crippen LogP contribution in [0.2, 0.25) is 0 Å². The van der Waals surface area contributed by atoms with Crippen LogP contribution in [0, 0.1) is 0 Å². The summed E-state index contributed by atoms with van der Waals surface area (Å²) < 4.78 is 10.7. The number of ether oxygens (including phenoxy) is 2. The molecule has 2 rings (SSSR count). The zero-order chi connectivity index (χ0) is 13.3. The van der Waals surface area contributed by atoms with Gasteiger partial charge in [-0.2, -0.15) is 0 Å². The predicted molar refractivity (Wildman–Crippen MR) is 77.9 cm³/mol. The van der Waals surface area contributed by atoms with E-state index < -0.39 is 0 Å². The van der Waals surface area contributed by atoms with Gasteiger partial charge in [-0.3, -0.25) is 0 Å². The molecule has 0 fully saturated rings. The van der Waals surface area contributed by atoms with Crippen molar-refractivity contribution < 1.29 is 9.47 Å². The molecule has 0 aromatic heterocycles. The van der Waals surface area contributed by atoms with Gasteiger partial charge in [0, 0.05) is 25.9 Å². The van der Waals surface area contributed by atoms with Crippen LogP contribution in [0.1, 0.15) is 6.42 Å². The molecule has 0 atom stereocenters. The summed E-state index contributed by atoms with van der Waals surface area (Å²) in [7, 11) is 1.72. The number of rotatable bonds is 7. The molecule has 1 N–H and O–H groups in total. The monoisotopic (exact) mass is 257 g/mol. The summed E-state index contributed by atoms with van der Waals surface area (Å²) in [6.07, 6.45) is 0.999. The fourth-order valence-electron chi connectivity index (χ4n) is 1.71. The molecule has 100 valence electrons. The van der Waals surface area contributed by atoms with Gasteiger partial charge in [0.2, 0.25) is 0 Å². The van der Waals surface area contributed by atoms with Gasteiger partial charge in [-0.1, -0.05) is 18.2 Å². The molecule has 0 spiro atoms. The fraction of sp³-hybridized carbons (Fsp3) is 0.250. The molecule has 0 radical (unpaired) electrons. The molecule has 0 saturated carbocycles. The minimum absolute atomic E-state index is 0.780. The van der Waals surface area contributed by atoms with Crippen LogP contribution in [0.3, 0.4) is 0 Å². The predicted octanol–water partition coefficient (Wildman–Crippen LogP) is 3.93. The molecular formula is C16H19NO2. The summed E-state index contributed by atoms with van der Waals surface area (Å²) in [5, 5.41) is 3.33. The Bertz CT molecular complexity index is 468. The molecule has 3 nitrogen and oxygen atoms in total. The molecule has 2 aromatic rings. The van der Waals surface area contributed by atoms with E-state index >= 15 is 0 Å². The van der Waals surface area contributed by atoms with E-state index in [0.29, 0.717) is 0 Å². The lowest BCUT2D eigenvalue weighted by atomic mass is 10.3. The lowest BCUT2D eigenvalue weighted by Gasteiger charge is -2.08. The highest BCUT2D eigenvalue weighted by molar-refractivity contribution is 5.47. The number of hydrogen-bond acceptors (Lipinski definition) is 3. The quantitative estimate of drug-likeness (QED) is 0.762. The van der Waals surface area contributed by atoms with Gasteiger partial charge in [-0.25, -0.2) is 0 Å². The molecule has 19 heavy (non-hydrogen) atoms. The minimum Gasteiger partial charge on any atom is -0.457 e. The van der Waals surface area contributed by atoms with Gasteiger partial charge in [-0.15, -0.1) is 0 Å². The van der Waals surface area contributed by atoms with Crippen molar-refractivity contribution in [2.75, 3.05) is 25.6 Å². The third-order valence-electron chi connectivity index (χ3n) is 2.69. The minimum atomic E-state index is 0.780. The first-order valence-electron chi connectivity index (χ1n) is 6.44. The number of methoxy groups -OCH3 is 1. The average Bonchev–Trinajstić information content (AvgIpc) is 2.46. The number of para-hydroxylation sites is 1. The van der Waals surface area contributed by atoms with Crippen molar-refractivity contribution in [3.05, 3.63) is 54.6 Å². The van der Waals surface area contributed by atoms with Crippen LogP contribution >= 0.6 is 0 Å². The van der Waals surface area contributed by atoms with Gasteiger partial charge < -0.3 is 14.8 Å². The van der Waals surface area contributed by atoms with E-state index in [1.807, 2.05) is 54.6 Å². The van der Waals surface area contributed by atoms with Crippen molar-refractivity contribution in [3.8, 4) is 11.5 Å². The summed E-state index contributed by atoms with van der Waals surface area (Å²) in [6, 6.07) is 17.7. The van der Waals surface area contributed by atoms with Gasteiger partial charge in [0.25, 0.3) is 0 Å². The molecule has 2 aromatic carbocycles. The molecule has 0 unspecified atom stereocenters. The SMILES string of the molecule is COCCCNc1ccc(Oc2ccccc2)cc1. The van der Waals surface area contributed by atoms with Gasteiger partial charge in [0.1, 0.15) is 11.5 Å². The Labute approximate surface area is 114 Å². The fourth-order valence-corrected chi connectivity index (χ4v) is 1.71. The Morgan fingerprint density at radius 1 is 0.895 bits per heavy atom. The topological polar surface area (TPSA) is 30.5 Å². The lowest BCUT2D eigenvalue weighted by molar-refractivity contribution is 0.198. The van der Waals surface area contributed by atoms with Crippen LogP contribution in [0.4, 0.5) is 5.69 Å². The van der Waals surface area contributed by atoms with Gasteiger partial charge in [-0.05, 0) is 42.8 Å². The van der Waals surface area contributed by atoms with E-state index in [4.69, 9.17) is 9.47 Å². The normalized spacial score (nSPS) is 10.2. The average molecular weight is 257 g/mol. The van der Waals surface area contributed by atoms with Crippen molar-refractivity contribution in [2.45, 2.75) is 6.42 Å². The molecule has 0 aliphatic carbocycles. The Kier molecular flexibility index (Phi) is 5.26. The summed E-state index contributed by atoms with van der Waals surface area (Å²) in [6.45, 7) is 1.69. The number of benzene rings is 2. The van der Waals surface area contributed by atoms with Crippen LogP contribution in [0.15, 0.2) is 54.6 Å². The molecule has 3 heteroatoms. The maximum absolute atomic E-state index is 5.73. The number of hydrogen-bond donors (Lipinski definition) is 1.